The van der Waals surface area contributed by atoms with E-state index in [0.29, 0.717) is 0 Å². The Hall–Kier alpha value is -0.730. The highest BCUT2D eigenvalue weighted by molar-refractivity contribution is 4.51. The van der Waals surface area contributed by atoms with Crippen molar-refractivity contribution in [1.29, 1.82) is 0 Å². The zero-order chi connectivity index (χ0) is 6.12. The minimum absolute atomic E-state index is 0.167. The molecule has 0 heterocycles. The highest BCUT2D eigenvalue weighted by Crippen LogP contribution is 1.67. The van der Waals surface area contributed by atoms with Crippen LogP contribution in [0.5, 0.6) is 0 Å². The van der Waals surface area contributed by atoms with E-state index in [0.717, 1.165) is 0 Å². The van der Waals surface area contributed by atoms with Crippen LogP contribution >= 0.6 is 0 Å². The summed E-state index contributed by atoms with van der Waals surface area (Å²) in [5, 5.41) is 0. The summed E-state index contributed by atoms with van der Waals surface area (Å²) in [6, 6.07) is 0. The molecule has 0 saturated carbocycles. The lowest BCUT2D eigenvalue weighted by molar-refractivity contribution is 0.645. The maximum absolute atomic E-state index is 10.2. The number of hydrogen-bond acceptors (Lipinski definition) is 0. The molecule has 3 heteroatoms. The van der Waals surface area contributed by atoms with Crippen molar-refractivity contribution in [2.75, 3.05) is 0 Å². The van der Waals surface area contributed by atoms with Gasteiger partial charge in [0, 0.05) is 0 Å². The van der Waals surface area contributed by atoms with E-state index < -0.39 is 0 Å². The zero-order valence-electron chi connectivity index (χ0n) is 3.57. The van der Waals surface area contributed by atoms with E-state index in [9.17, 15) is 13.2 Å². The average Bonchev–Trinajstić information content (AvgIpc) is 1.69. The van der Waals surface area contributed by atoms with Gasteiger partial charge in [-0.15, -0.1) is 0 Å². The van der Waals surface area contributed by atoms with E-state index in [1.165, 1.54) is 0 Å². The molecule has 0 fully saturated rings. The van der Waals surface area contributed by atoms with Crippen LogP contribution in [0.25, 0.3) is 0 Å². The van der Waals surface area contributed by atoms with E-state index in [4.69, 9.17) is 0 Å². The monoisotopic (exact) mass is 110 g/mol. The van der Waals surface area contributed by atoms with Gasteiger partial charge in [0.05, 0.1) is 6.33 Å². The minimum Gasteiger partial charge on any atom is -0.216 e. The van der Waals surface area contributed by atoms with Gasteiger partial charge in [-0.25, -0.2) is 13.2 Å². The van der Waals surface area contributed by atoms with E-state index in [2.05, 4.69) is 6.58 Å². The Morgan fingerprint density at radius 1 is 1.00 bits per heavy atom. The van der Waals surface area contributed by atoms with E-state index >= 15 is 0 Å². The van der Waals surface area contributed by atoms with Gasteiger partial charge in [0.15, 0.2) is 0 Å². The van der Waals surface area contributed by atoms with Crippen molar-refractivity contribution in [1.82, 2.24) is 0 Å². The number of hydrogen-bond donors (Lipinski definition) is 0. The summed E-state index contributed by atoms with van der Waals surface area (Å²) in [7, 11) is 0. The SMILES string of the molecule is C=CF.F/C=C/F. The molecule has 0 aromatic heterocycles. The molecule has 0 aliphatic rings. The Bertz CT molecular complexity index is 44.9. The molecule has 0 rings (SSSR count). The Balaban J connectivity index is 0. The van der Waals surface area contributed by atoms with Crippen molar-refractivity contribution in [2.24, 2.45) is 0 Å². The lowest BCUT2D eigenvalue weighted by atomic mass is 11.2. The first kappa shape index (κ1) is 9.55. The third-order valence-corrected chi connectivity index (χ3v) is 0.0476. The summed E-state index contributed by atoms with van der Waals surface area (Å²) >= 11 is 0. The largest absolute Gasteiger partial charge is 0.216 e. The standard InChI is InChI=1S/C2H2F2.C2H3F/c3-1-2-4;1-2-3/h1-2H;2H,1H2/b2-1+;. The van der Waals surface area contributed by atoms with Gasteiger partial charge in [-0.1, -0.05) is 6.58 Å². The molecule has 0 saturated heterocycles. The Morgan fingerprint density at radius 2 is 1.14 bits per heavy atom. The average molecular weight is 110 g/mol. The fourth-order valence-electron chi connectivity index (χ4n) is 0. The topological polar surface area (TPSA) is 0 Å². The smallest absolute Gasteiger partial charge is 0.115 e. The predicted molar refractivity (Wildman–Crippen MR) is 22.7 cm³/mol. The fraction of sp³-hybridized carbons (Fsp3) is 0. The highest BCUT2D eigenvalue weighted by Gasteiger charge is 1.43. The second kappa shape index (κ2) is 18.6. The molecule has 0 N–H and O–H groups in total. The van der Waals surface area contributed by atoms with Gasteiger partial charge in [0.25, 0.3) is 0 Å². The first-order valence-electron chi connectivity index (χ1n) is 1.40. The molecular formula is C4H5F3. The van der Waals surface area contributed by atoms with Crippen LogP contribution in [0, 0.1) is 0 Å². The summed E-state index contributed by atoms with van der Waals surface area (Å²) in [6.07, 6.45) is -0.0833. The van der Waals surface area contributed by atoms with Crippen molar-refractivity contribution in [3.63, 3.8) is 0 Å². The van der Waals surface area contributed by atoms with E-state index in [1.54, 1.807) is 0 Å². The minimum atomic E-state index is -0.167. The van der Waals surface area contributed by atoms with Gasteiger partial charge in [-0.2, -0.15) is 0 Å². The Labute approximate surface area is 40.0 Å². The molecule has 0 atom stereocenters. The summed E-state index contributed by atoms with van der Waals surface area (Å²) in [6.45, 7) is 2.69. The Morgan fingerprint density at radius 3 is 1.14 bits per heavy atom. The first-order chi connectivity index (χ1) is 3.33. The molecule has 0 aromatic carbocycles. The fourth-order valence-corrected chi connectivity index (χ4v) is 0. The van der Waals surface area contributed by atoms with Crippen molar-refractivity contribution < 1.29 is 13.2 Å². The molecule has 0 radical (unpaired) electrons. The van der Waals surface area contributed by atoms with Crippen molar-refractivity contribution >= 4 is 0 Å². The zero-order valence-corrected chi connectivity index (χ0v) is 3.57. The van der Waals surface area contributed by atoms with Crippen LogP contribution < -0.4 is 0 Å². The van der Waals surface area contributed by atoms with Crippen LogP contribution in [-0.4, -0.2) is 0 Å². The molecule has 7 heavy (non-hydrogen) atoms. The van der Waals surface area contributed by atoms with Crippen LogP contribution in [0.4, 0.5) is 13.2 Å². The van der Waals surface area contributed by atoms with Gasteiger partial charge in [-0.05, 0) is 0 Å². The Kier molecular flexibility index (Phi) is 25.4. The van der Waals surface area contributed by atoms with E-state index in [-0.39, 0.29) is 19.0 Å². The molecule has 0 aliphatic carbocycles. The maximum atomic E-state index is 10.2. The van der Waals surface area contributed by atoms with Crippen LogP contribution in [0.15, 0.2) is 25.6 Å². The van der Waals surface area contributed by atoms with Gasteiger partial charge in [0.1, 0.15) is 12.7 Å². The maximum Gasteiger partial charge on any atom is 0.115 e. The molecule has 0 aliphatic heterocycles. The second-order valence-corrected chi connectivity index (χ2v) is 0.406. The van der Waals surface area contributed by atoms with Crippen LogP contribution in [0.1, 0.15) is 0 Å². The lowest BCUT2D eigenvalue weighted by Gasteiger charge is -1.42. The summed E-state index contributed by atoms with van der Waals surface area (Å²) in [4.78, 5) is 0. The molecule has 0 nitrogen and oxygen atoms in total. The number of halogens is 3. The normalized spacial score (nSPS) is 7.29. The van der Waals surface area contributed by atoms with Crippen molar-refractivity contribution in [2.45, 2.75) is 0 Å². The predicted octanol–water partition coefficient (Wildman–Crippen LogP) is 2.50. The van der Waals surface area contributed by atoms with Gasteiger partial charge < -0.3 is 0 Å². The molecule has 42 valence electrons. The van der Waals surface area contributed by atoms with E-state index in [1.807, 2.05) is 0 Å². The lowest BCUT2D eigenvalue weighted by Crippen LogP contribution is -1.18. The summed E-state index contributed by atoms with van der Waals surface area (Å²) < 4.78 is 30.4. The molecule has 0 amide bonds. The quantitative estimate of drug-likeness (QED) is 0.449. The van der Waals surface area contributed by atoms with Gasteiger partial charge in [0.2, 0.25) is 0 Å². The molecule has 0 bridgehead atoms. The van der Waals surface area contributed by atoms with Crippen LogP contribution in [0.2, 0.25) is 0 Å². The summed E-state index contributed by atoms with van der Waals surface area (Å²) in [5.41, 5.74) is 0. The van der Waals surface area contributed by atoms with Crippen LogP contribution in [0.3, 0.4) is 0 Å². The first-order valence-corrected chi connectivity index (χ1v) is 1.40. The third kappa shape index (κ3) is 773. The highest BCUT2D eigenvalue weighted by atomic mass is 19.2. The molecular weight excluding hydrogens is 105 g/mol. The van der Waals surface area contributed by atoms with Gasteiger partial charge in [-0.3, -0.25) is 0 Å². The molecule has 0 unspecified atom stereocenters. The molecule has 0 spiro atoms. The molecule has 0 aromatic rings. The summed E-state index contributed by atoms with van der Waals surface area (Å²) in [5.74, 6) is 0. The van der Waals surface area contributed by atoms with Gasteiger partial charge >= 0.3 is 0 Å². The third-order valence-electron chi connectivity index (χ3n) is 0.0476. The second-order valence-electron chi connectivity index (χ2n) is 0.406. The number of rotatable bonds is 0. The van der Waals surface area contributed by atoms with Crippen LogP contribution in [-0.2, 0) is 0 Å². The van der Waals surface area contributed by atoms with Crippen molar-refractivity contribution in [3.8, 4) is 0 Å². The van der Waals surface area contributed by atoms with Crippen molar-refractivity contribution in [3.05, 3.63) is 25.6 Å².